The van der Waals surface area contributed by atoms with Crippen LogP contribution in [0.25, 0.3) is 0 Å². The van der Waals surface area contributed by atoms with Crippen LogP contribution in [0.5, 0.6) is 0 Å². The number of benzene rings is 2. The van der Waals surface area contributed by atoms with Crippen LogP contribution in [0.15, 0.2) is 54.6 Å². The van der Waals surface area contributed by atoms with E-state index in [-0.39, 0.29) is 11.5 Å². The maximum atomic E-state index is 12.0. The van der Waals surface area contributed by atoms with Crippen molar-refractivity contribution < 1.29 is 23.9 Å². The zero-order chi connectivity index (χ0) is 18.9. The number of carbonyl (C=O) groups excluding carboxylic acids is 4. The minimum atomic E-state index is -0.713. The Kier molecular flexibility index (Phi) is 6.44. The fourth-order valence-corrected chi connectivity index (χ4v) is 1.94. The van der Waals surface area contributed by atoms with Crippen LogP contribution in [0.4, 0.5) is 5.69 Å². The summed E-state index contributed by atoms with van der Waals surface area (Å²) >= 11 is 0. The Bertz CT molecular complexity index is 803. The summed E-state index contributed by atoms with van der Waals surface area (Å²) in [5, 5.41) is 2.71. The predicted molar refractivity (Wildman–Crippen MR) is 93.1 cm³/mol. The van der Waals surface area contributed by atoms with Crippen molar-refractivity contribution in [3.8, 4) is 0 Å². The van der Waals surface area contributed by atoms with Crippen LogP contribution in [0.2, 0.25) is 0 Å². The molecule has 0 atom stereocenters. The van der Waals surface area contributed by atoms with Crippen LogP contribution in [-0.4, -0.2) is 30.8 Å². The molecule has 0 unspecified atom stereocenters. The first-order valence-corrected chi connectivity index (χ1v) is 7.62. The average molecular weight is 355 g/mol. The molecule has 0 fully saturated rings. The third-order valence-corrected chi connectivity index (χ3v) is 3.29. The van der Waals surface area contributed by atoms with Gasteiger partial charge in [0, 0.05) is 16.8 Å². The molecule has 0 heterocycles. The lowest BCUT2D eigenvalue weighted by Crippen LogP contribution is -2.42. The van der Waals surface area contributed by atoms with Gasteiger partial charge in [-0.25, -0.2) is 0 Å². The van der Waals surface area contributed by atoms with Crippen molar-refractivity contribution >= 4 is 29.4 Å². The summed E-state index contributed by atoms with van der Waals surface area (Å²) in [6.45, 7) is 0. The smallest absolute Gasteiger partial charge is 0.315 e. The fourth-order valence-electron chi connectivity index (χ4n) is 1.94. The van der Waals surface area contributed by atoms with Gasteiger partial charge in [0.25, 0.3) is 11.8 Å². The maximum absolute atomic E-state index is 12.0. The lowest BCUT2D eigenvalue weighted by atomic mass is 10.1. The standard InChI is InChI=1S/C18H17N3O5/c1-26-16(23)11-15(22)20-21-18(25)13-7-9-14(10-8-13)19-17(24)12-5-3-2-4-6-12/h2-10H,11H2,1H3,(H,19,24)(H,20,22)(H,21,25). The van der Waals surface area contributed by atoms with Gasteiger partial charge in [-0.3, -0.25) is 30.0 Å². The highest BCUT2D eigenvalue weighted by atomic mass is 16.5. The van der Waals surface area contributed by atoms with Gasteiger partial charge in [0.1, 0.15) is 6.42 Å². The number of esters is 1. The number of rotatable bonds is 5. The zero-order valence-corrected chi connectivity index (χ0v) is 13.9. The number of hydrazine groups is 1. The van der Waals surface area contributed by atoms with E-state index in [4.69, 9.17) is 0 Å². The summed E-state index contributed by atoms with van der Waals surface area (Å²) in [4.78, 5) is 46.3. The number of nitrogens with one attached hydrogen (secondary N) is 3. The van der Waals surface area contributed by atoms with E-state index in [1.54, 1.807) is 36.4 Å². The number of anilines is 1. The second-order valence-electron chi connectivity index (χ2n) is 5.15. The normalized spacial score (nSPS) is 9.73. The molecule has 8 nitrogen and oxygen atoms in total. The molecule has 0 aliphatic rings. The van der Waals surface area contributed by atoms with Crippen LogP contribution in [0, 0.1) is 0 Å². The van der Waals surface area contributed by atoms with E-state index < -0.39 is 24.2 Å². The van der Waals surface area contributed by atoms with Crippen LogP contribution >= 0.6 is 0 Å². The Morgan fingerprint density at radius 3 is 2.04 bits per heavy atom. The van der Waals surface area contributed by atoms with E-state index in [0.717, 1.165) is 7.11 Å². The Hall–Kier alpha value is -3.68. The molecule has 0 saturated heterocycles. The van der Waals surface area contributed by atoms with Crippen molar-refractivity contribution in [3.05, 3.63) is 65.7 Å². The molecule has 0 radical (unpaired) electrons. The van der Waals surface area contributed by atoms with Crippen molar-refractivity contribution in [1.29, 1.82) is 0 Å². The average Bonchev–Trinajstić information content (AvgIpc) is 2.67. The third-order valence-electron chi connectivity index (χ3n) is 3.29. The van der Waals surface area contributed by atoms with Crippen molar-refractivity contribution in [1.82, 2.24) is 10.9 Å². The molecule has 3 N–H and O–H groups in total. The van der Waals surface area contributed by atoms with E-state index in [9.17, 15) is 19.2 Å². The zero-order valence-electron chi connectivity index (χ0n) is 13.9. The number of methoxy groups -OCH3 is 1. The molecule has 0 bridgehead atoms. The van der Waals surface area contributed by atoms with Gasteiger partial charge >= 0.3 is 5.97 Å². The van der Waals surface area contributed by atoms with Gasteiger partial charge in [-0.1, -0.05) is 18.2 Å². The maximum Gasteiger partial charge on any atom is 0.315 e. The molecule has 134 valence electrons. The van der Waals surface area contributed by atoms with E-state index in [0.29, 0.717) is 11.3 Å². The Morgan fingerprint density at radius 2 is 1.42 bits per heavy atom. The SMILES string of the molecule is COC(=O)CC(=O)NNC(=O)c1ccc(NC(=O)c2ccccc2)cc1. The fraction of sp³-hybridized carbons (Fsp3) is 0.111. The molecule has 0 aliphatic heterocycles. The number of amides is 3. The molecule has 3 amide bonds. The lowest BCUT2D eigenvalue weighted by molar-refractivity contribution is -0.144. The van der Waals surface area contributed by atoms with Gasteiger partial charge in [-0.05, 0) is 36.4 Å². The molecule has 0 aromatic heterocycles. The summed E-state index contributed by atoms with van der Waals surface area (Å²) in [6, 6.07) is 14.8. The van der Waals surface area contributed by atoms with Gasteiger partial charge in [0.15, 0.2) is 0 Å². The first-order valence-electron chi connectivity index (χ1n) is 7.62. The minimum Gasteiger partial charge on any atom is -0.469 e. The van der Waals surface area contributed by atoms with Crippen molar-refractivity contribution in [3.63, 3.8) is 0 Å². The van der Waals surface area contributed by atoms with Gasteiger partial charge in [-0.15, -0.1) is 0 Å². The molecule has 0 aliphatic carbocycles. The molecule has 2 rings (SSSR count). The Morgan fingerprint density at radius 1 is 0.808 bits per heavy atom. The molecular weight excluding hydrogens is 338 g/mol. The number of hydrogen-bond acceptors (Lipinski definition) is 5. The molecule has 2 aromatic rings. The van der Waals surface area contributed by atoms with Gasteiger partial charge in [-0.2, -0.15) is 0 Å². The minimum absolute atomic E-state index is 0.265. The molecule has 8 heteroatoms. The highest BCUT2D eigenvalue weighted by Crippen LogP contribution is 2.11. The quantitative estimate of drug-likeness (QED) is 0.424. The molecular formula is C18H17N3O5. The van der Waals surface area contributed by atoms with E-state index >= 15 is 0 Å². The highest BCUT2D eigenvalue weighted by Gasteiger charge is 2.12. The Labute approximate surface area is 149 Å². The lowest BCUT2D eigenvalue weighted by Gasteiger charge is -2.08. The summed E-state index contributed by atoms with van der Waals surface area (Å²) in [6.07, 6.45) is -0.499. The first kappa shape index (κ1) is 18.7. The summed E-state index contributed by atoms with van der Waals surface area (Å²) in [7, 11) is 1.16. The van der Waals surface area contributed by atoms with Crippen molar-refractivity contribution in [2.24, 2.45) is 0 Å². The summed E-state index contributed by atoms with van der Waals surface area (Å²) in [5.74, 6) is -2.24. The number of hydrogen-bond donors (Lipinski definition) is 3. The molecule has 0 saturated carbocycles. The van der Waals surface area contributed by atoms with E-state index in [1.165, 1.54) is 12.1 Å². The summed E-state index contributed by atoms with van der Waals surface area (Å²) in [5.41, 5.74) is 5.59. The Balaban J connectivity index is 1.88. The highest BCUT2D eigenvalue weighted by molar-refractivity contribution is 6.04. The van der Waals surface area contributed by atoms with E-state index in [2.05, 4.69) is 20.9 Å². The molecule has 26 heavy (non-hydrogen) atoms. The second kappa shape index (κ2) is 8.97. The monoisotopic (exact) mass is 355 g/mol. The molecule has 2 aromatic carbocycles. The van der Waals surface area contributed by atoms with Crippen LogP contribution in [0.3, 0.4) is 0 Å². The van der Waals surface area contributed by atoms with Gasteiger partial charge in [0.05, 0.1) is 7.11 Å². The second-order valence-corrected chi connectivity index (χ2v) is 5.15. The van der Waals surface area contributed by atoms with Crippen LogP contribution < -0.4 is 16.2 Å². The third kappa shape index (κ3) is 5.45. The van der Waals surface area contributed by atoms with Crippen LogP contribution in [0.1, 0.15) is 27.1 Å². The topological polar surface area (TPSA) is 114 Å². The number of carbonyl (C=O) groups is 4. The van der Waals surface area contributed by atoms with Crippen molar-refractivity contribution in [2.45, 2.75) is 6.42 Å². The van der Waals surface area contributed by atoms with Crippen LogP contribution in [-0.2, 0) is 14.3 Å². The summed E-state index contributed by atoms with van der Waals surface area (Å²) < 4.78 is 4.34. The largest absolute Gasteiger partial charge is 0.469 e. The number of ether oxygens (including phenoxy) is 1. The van der Waals surface area contributed by atoms with Gasteiger partial charge < -0.3 is 10.1 Å². The first-order chi connectivity index (χ1) is 12.5. The van der Waals surface area contributed by atoms with Gasteiger partial charge in [0.2, 0.25) is 5.91 Å². The predicted octanol–water partition coefficient (Wildman–Crippen LogP) is 1.26. The van der Waals surface area contributed by atoms with Crippen molar-refractivity contribution in [2.75, 3.05) is 12.4 Å². The molecule has 0 spiro atoms. The van der Waals surface area contributed by atoms with E-state index in [1.807, 2.05) is 6.07 Å².